The fourth-order valence-electron chi connectivity index (χ4n) is 4.56. The lowest BCUT2D eigenvalue weighted by Crippen LogP contribution is -2.53. The van der Waals surface area contributed by atoms with Crippen LogP contribution in [-0.2, 0) is 24.1 Å². The number of carbonyl (C=O) groups is 1. The van der Waals surface area contributed by atoms with E-state index in [4.69, 9.17) is 11.6 Å². The summed E-state index contributed by atoms with van der Waals surface area (Å²) in [6.07, 6.45) is -10.1. The third kappa shape index (κ3) is 6.48. The van der Waals surface area contributed by atoms with Crippen LogP contribution < -0.4 is 11.0 Å². The molecule has 1 fully saturated rings. The van der Waals surface area contributed by atoms with Crippen molar-refractivity contribution < 1.29 is 44.3 Å². The van der Waals surface area contributed by atoms with Crippen molar-refractivity contribution in [2.75, 3.05) is 0 Å². The van der Waals surface area contributed by atoms with E-state index >= 15 is 0 Å². The summed E-state index contributed by atoms with van der Waals surface area (Å²) in [7, 11) is 0. The number of halogens is 10. The Balaban J connectivity index is 1.49. The molecule has 0 spiro atoms. The number of nitrogens with one attached hydrogen (secondary N) is 1. The second-order valence-corrected chi connectivity index (χ2v) is 10.8. The smallest absolute Gasteiger partial charge is 0.342 e. The number of rotatable bonds is 8. The van der Waals surface area contributed by atoms with Gasteiger partial charge in [0.25, 0.3) is 0 Å². The summed E-state index contributed by atoms with van der Waals surface area (Å²) in [5, 5.41) is 8.90. The first-order valence-corrected chi connectivity index (χ1v) is 13.4. The van der Waals surface area contributed by atoms with Crippen molar-refractivity contribution in [3.05, 3.63) is 70.6 Å². The van der Waals surface area contributed by atoms with Gasteiger partial charge in [-0.05, 0) is 31.4 Å². The van der Waals surface area contributed by atoms with E-state index in [1.807, 2.05) is 0 Å². The Morgan fingerprint density at radius 3 is 2.38 bits per heavy atom. The summed E-state index contributed by atoms with van der Waals surface area (Å²) in [5.41, 5.74) is -5.15. The van der Waals surface area contributed by atoms with Crippen molar-refractivity contribution >= 4 is 23.1 Å². The minimum Gasteiger partial charge on any atom is -0.342 e. The summed E-state index contributed by atoms with van der Waals surface area (Å²) >= 11 is 6.02. The van der Waals surface area contributed by atoms with Gasteiger partial charge in [0.15, 0.2) is 17.5 Å². The Morgan fingerprint density at radius 1 is 1.09 bits per heavy atom. The van der Waals surface area contributed by atoms with Crippen LogP contribution in [0, 0.1) is 5.41 Å². The SMILES string of the molecule is O=C(NC(Cn1c(C2=CCC(Cl)C=C2)nn(Cc2ncn(-c3ncccc3C(F)(F)F)n2)c1=O)C(F)(F)F)C1(C(F)(F)F)CC1. The van der Waals surface area contributed by atoms with Crippen molar-refractivity contribution in [3.8, 4) is 5.82 Å². The first kappa shape index (κ1) is 32.2. The Hall–Kier alpha value is -4.16. The number of alkyl halides is 10. The van der Waals surface area contributed by atoms with Crippen LogP contribution in [0.1, 0.15) is 36.5 Å². The molecule has 1 amide bonds. The molecule has 5 rings (SSSR count). The van der Waals surface area contributed by atoms with Gasteiger partial charge in [0.05, 0.1) is 11.9 Å². The van der Waals surface area contributed by atoms with Crippen LogP contribution in [0.3, 0.4) is 0 Å². The zero-order chi connectivity index (χ0) is 32.9. The number of amides is 1. The topological polar surface area (TPSA) is 113 Å². The number of pyridine rings is 1. The molecule has 0 radical (unpaired) electrons. The van der Waals surface area contributed by atoms with Crippen molar-refractivity contribution in [1.29, 1.82) is 0 Å². The molecule has 0 aliphatic heterocycles. The average Bonchev–Trinajstić information content (AvgIpc) is 3.58. The summed E-state index contributed by atoms with van der Waals surface area (Å²) in [5.74, 6) is -3.12. The van der Waals surface area contributed by atoms with Crippen LogP contribution in [0.25, 0.3) is 11.4 Å². The molecule has 2 atom stereocenters. The highest BCUT2D eigenvalue weighted by atomic mass is 35.5. The van der Waals surface area contributed by atoms with E-state index in [0.29, 0.717) is 13.9 Å². The average molecular weight is 671 g/mol. The van der Waals surface area contributed by atoms with E-state index in [-0.39, 0.29) is 23.6 Å². The van der Waals surface area contributed by atoms with Gasteiger partial charge >= 0.3 is 24.2 Å². The highest BCUT2D eigenvalue weighted by Gasteiger charge is 2.69. The number of hydrogen-bond donors (Lipinski definition) is 1. The number of carbonyl (C=O) groups excluding carboxylic acids is 1. The van der Waals surface area contributed by atoms with Crippen LogP contribution in [0.4, 0.5) is 39.5 Å². The lowest BCUT2D eigenvalue weighted by molar-refractivity contribution is -0.199. The second-order valence-electron chi connectivity index (χ2n) is 10.3. The first-order chi connectivity index (χ1) is 20.9. The van der Waals surface area contributed by atoms with E-state index in [1.165, 1.54) is 23.5 Å². The monoisotopic (exact) mass is 670 g/mol. The largest absolute Gasteiger partial charge is 0.420 e. The molecule has 2 aliphatic rings. The molecule has 3 aromatic rings. The van der Waals surface area contributed by atoms with E-state index in [9.17, 15) is 49.1 Å². The number of hydrogen-bond acceptors (Lipinski definition) is 6. The fraction of sp³-hybridized carbons (Fsp3) is 0.440. The third-order valence-electron chi connectivity index (χ3n) is 7.16. The van der Waals surface area contributed by atoms with Crippen molar-refractivity contribution in [2.45, 2.75) is 62.3 Å². The summed E-state index contributed by atoms with van der Waals surface area (Å²) < 4.78 is 125. The van der Waals surface area contributed by atoms with Crippen LogP contribution in [0.5, 0.6) is 0 Å². The lowest BCUT2D eigenvalue weighted by Gasteiger charge is -2.26. The maximum Gasteiger partial charge on any atom is 0.420 e. The molecular weight excluding hydrogens is 651 g/mol. The first-order valence-electron chi connectivity index (χ1n) is 13.0. The molecule has 242 valence electrons. The fourth-order valence-corrected chi connectivity index (χ4v) is 4.72. The molecule has 0 bridgehead atoms. The molecule has 3 heterocycles. The summed E-state index contributed by atoms with van der Waals surface area (Å²) in [6, 6.07) is -1.10. The standard InChI is InChI=1S/C25H20ClF9N8O2/c26-14-5-3-13(4-6-14)18-40-42(11-17-37-12-43(39-17)19-15(23(27,28)29)2-1-9-36-19)21(45)41(18)10-16(24(30,31)32)38-20(44)22(7-8-22)25(33,34)35/h1-5,9,12,14,16H,6-8,10-11H2,(H,38,44). The zero-order valence-electron chi connectivity index (χ0n) is 22.5. The van der Waals surface area contributed by atoms with Gasteiger partial charge in [0.2, 0.25) is 5.91 Å². The van der Waals surface area contributed by atoms with E-state index in [1.54, 1.807) is 0 Å². The van der Waals surface area contributed by atoms with Gasteiger partial charge in [-0.3, -0.25) is 9.36 Å². The zero-order valence-corrected chi connectivity index (χ0v) is 23.2. The highest BCUT2D eigenvalue weighted by Crippen LogP contribution is 2.57. The number of aromatic nitrogens is 7. The van der Waals surface area contributed by atoms with Crippen molar-refractivity contribution in [2.24, 2.45) is 5.41 Å². The van der Waals surface area contributed by atoms with Gasteiger partial charge in [-0.25, -0.2) is 24.1 Å². The Kier molecular flexibility index (Phi) is 8.12. The van der Waals surface area contributed by atoms with Crippen LogP contribution in [-0.4, -0.2) is 63.8 Å². The Labute approximate surface area is 251 Å². The second kappa shape index (κ2) is 11.3. The molecule has 1 N–H and O–H groups in total. The van der Waals surface area contributed by atoms with E-state index in [0.717, 1.165) is 24.7 Å². The summed E-state index contributed by atoms with van der Waals surface area (Å²) in [4.78, 5) is 33.3. The van der Waals surface area contributed by atoms with Crippen molar-refractivity contribution in [3.63, 3.8) is 0 Å². The lowest BCUT2D eigenvalue weighted by atomic mass is 10.0. The third-order valence-corrected chi connectivity index (χ3v) is 7.48. The number of allylic oxidation sites excluding steroid dienone is 4. The quantitative estimate of drug-likeness (QED) is 0.281. The normalized spacial score (nSPS) is 18.9. The van der Waals surface area contributed by atoms with Crippen LogP contribution in [0.15, 0.2) is 47.7 Å². The van der Waals surface area contributed by atoms with E-state index < -0.39 is 84.3 Å². The molecule has 10 nitrogen and oxygen atoms in total. The molecule has 0 aromatic carbocycles. The molecule has 0 saturated heterocycles. The number of nitrogens with zero attached hydrogens (tertiary/aromatic N) is 7. The van der Waals surface area contributed by atoms with Crippen LogP contribution in [0.2, 0.25) is 0 Å². The van der Waals surface area contributed by atoms with Gasteiger partial charge in [-0.1, -0.05) is 18.2 Å². The van der Waals surface area contributed by atoms with E-state index in [2.05, 4.69) is 20.2 Å². The Morgan fingerprint density at radius 2 is 1.80 bits per heavy atom. The molecule has 2 aliphatic carbocycles. The predicted molar refractivity (Wildman–Crippen MR) is 137 cm³/mol. The molecule has 1 saturated carbocycles. The van der Waals surface area contributed by atoms with Crippen molar-refractivity contribution in [1.82, 2.24) is 39.4 Å². The molecule has 45 heavy (non-hydrogen) atoms. The maximum absolute atomic E-state index is 14.1. The highest BCUT2D eigenvalue weighted by molar-refractivity contribution is 6.22. The molecule has 2 unspecified atom stereocenters. The minimum absolute atomic E-state index is 0.144. The summed E-state index contributed by atoms with van der Waals surface area (Å²) in [6.45, 7) is -1.98. The van der Waals surface area contributed by atoms with Gasteiger partial charge < -0.3 is 5.32 Å². The van der Waals surface area contributed by atoms with Gasteiger partial charge in [0, 0.05) is 11.8 Å². The molecule has 3 aromatic heterocycles. The Bertz CT molecular complexity index is 1710. The van der Waals surface area contributed by atoms with Crippen LogP contribution >= 0.6 is 11.6 Å². The molecule has 20 heteroatoms. The van der Waals surface area contributed by atoms with Gasteiger partial charge in [-0.15, -0.1) is 21.8 Å². The maximum atomic E-state index is 14.1. The van der Waals surface area contributed by atoms with Gasteiger partial charge in [-0.2, -0.15) is 39.5 Å². The van der Waals surface area contributed by atoms with Gasteiger partial charge in [0.1, 0.15) is 29.9 Å². The predicted octanol–water partition coefficient (Wildman–Crippen LogP) is 4.43. The molecular formula is C25H20ClF9N8O2. The minimum atomic E-state index is -5.28.